The molecule has 2 N–H and O–H groups in total. The fourth-order valence-corrected chi connectivity index (χ4v) is 2.29. The molecule has 0 aromatic carbocycles. The Morgan fingerprint density at radius 3 is 2.74 bits per heavy atom. The largest absolute Gasteiger partial charge is 0.383 e. The second-order valence-electron chi connectivity index (χ2n) is 4.80. The van der Waals surface area contributed by atoms with Crippen LogP contribution < -0.4 is 10.6 Å². The lowest BCUT2D eigenvalue weighted by Crippen LogP contribution is -2.39. The first kappa shape index (κ1) is 22.1. The van der Waals surface area contributed by atoms with Gasteiger partial charge in [-0.15, -0.1) is 35.3 Å². The number of rotatable bonds is 8. The van der Waals surface area contributed by atoms with Crippen LogP contribution in [-0.2, 0) is 22.5 Å². The Morgan fingerprint density at radius 2 is 2.17 bits per heavy atom. The van der Waals surface area contributed by atoms with Gasteiger partial charge in [-0.05, 0) is 6.42 Å². The average molecular weight is 455 g/mol. The van der Waals surface area contributed by atoms with Crippen LogP contribution in [0.3, 0.4) is 0 Å². The summed E-state index contributed by atoms with van der Waals surface area (Å²) < 4.78 is 5.01. The summed E-state index contributed by atoms with van der Waals surface area (Å²) in [5.74, 6) is 0.538. The lowest BCUT2D eigenvalue weighted by atomic mass is 10.4. The standard InChI is InChI=1S/C14H25N5O2S.HI/c1-5-11-8-16-12(22-11)9-17-14(15-6-7-21-4)18-10-13(20)19(2)3;/h8H,5-7,9-10H2,1-4H3,(H2,15,17,18);1H. The summed E-state index contributed by atoms with van der Waals surface area (Å²) in [7, 11) is 5.07. The first-order chi connectivity index (χ1) is 10.6. The number of carbonyl (C=O) groups is 1. The molecule has 1 heterocycles. The average Bonchev–Trinajstić information content (AvgIpc) is 2.97. The summed E-state index contributed by atoms with van der Waals surface area (Å²) in [5.41, 5.74) is 0. The van der Waals surface area contributed by atoms with E-state index in [0.29, 0.717) is 25.7 Å². The monoisotopic (exact) mass is 455 g/mol. The molecule has 9 heteroatoms. The summed E-state index contributed by atoms with van der Waals surface area (Å²) in [6.07, 6.45) is 2.88. The lowest BCUT2D eigenvalue weighted by molar-refractivity contribution is -0.127. The highest BCUT2D eigenvalue weighted by atomic mass is 127. The maximum atomic E-state index is 11.6. The molecule has 0 atom stereocenters. The van der Waals surface area contributed by atoms with Crippen molar-refractivity contribution in [2.75, 3.05) is 40.9 Å². The van der Waals surface area contributed by atoms with E-state index in [-0.39, 0.29) is 36.4 Å². The zero-order valence-electron chi connectivity index (χ0n) is 14.1. The number of carbonyl (C=O) groups excluding carboxylic acids is 1. The highest BCUT2D eigenvalue weighted by Gasteiger charge is 2.06. The number of guanidine groups is 1. The Labute approximate surface area is 158 Å². The van der Waals surface area contributed by atoms with Gasteiger partial charge >= 0.3 is 0 Å². The number of aromatic nitrogens is 1. The van der Waals surface area contributed by atoms with Gasteiger partial charge in [0, 0.05) is 38.8 Å². The number of aliphatic imine (C=N–C) groups is 1. The quantitative estimate of drug-likeness (QED) is 0.266. The second-order valence-corrected chi connectivity index (χ2v) is 6.00. The number of halogens is 1. The maximum absolute atomic E-state index is 11.6. The molecule has 7 nitrogen and oxygen atoms in total. The van der Waals surface area contributed by atoms with E-state index in [0.717, 1.165) is 11.4 Å². The number of ether oxygens (including phenoxy) is 1. The van der Waals surface area contributed by atoms with Gasteiger partial charge in [0.2, 0.25) is 5.91 Å². The molecule has 23 heavy (non-hydrogen) atoms. The summed E-state index contributed by atoms with van der Waals surface area (Å²) in [5, 5.41) is 7.31. The van der Waals surface area contributed by atoms with E-state index in [9.17, 15) is 4.79 Å². The molecule has 0 fully saturated rings. The molecule has 0 saturated carbocycles. The number of methoxy groups -OCH3 is 1. The van der Waals surface area contributed by atoms with E-state index in [4.69, 9.17) is 4.74 Å². The number of nitrogens with zero attached hydrogens (tertiary/aromatic N) is 3. The number of hydrogen-bond donors (Lipinski definition) is 2. The van der Waals surface area contributed by atoms with Crippen LogP contribution in [0, 0.1) is 0 Å². The minimum Gasteiger partial charge on any atom is -0.383 e. The van der Waals surface area contributed by atoms with Gasteiger partial charge < -0.3 is 20.3 Å². The maximum Gasteiger partial charge on any atom is 0.243 e. The van der Waals surface area contributed by atoms with Crippen LogP contribution >= 0.6 is 35.3 Å². The van der Waals surface area contributed by atoms with Gasteiger partial charge in [0.05, 0.1) is 13.2 Å². The molecule has 1 aromatic rings. The second kappa shape index (κ2) is 12.5. The fraction of sp³-hybridized carbons (Fsp3) is 0.643. The summed E-state index contributed by atoms with van der Waals surface area (Å²) in [6, 6.07) is 0. The highest BCUT2D eigenvalue weighted by molar-refractivity contribution is 14.0. The molecule has 1 rings (SSSR count). The van der Waals surface area contributed by atoms with Crippen molar-refractivity contribution in [1.29, 1.82) is 0 Å². The van der Waals surface area contributed by atoms with Crippen molar-refractivity contribution in [1.82, 2.24) is 20.5 Å². The van der Waals surface area contributed by atoms with Crippen LogP contribution in [0.5, 0.6) is 0 Å². The van der Waals surface area contributed by atoms with Crippen molar-refractivity contribution >= 4 is 47.2 Å². The molecule has 0 unspecified atom stereocenters. The van der Waals surface area contributed by atoms with Gasteiger partial charge in [-0.1, -0.05) is 6.92 Å². The van der Waals surface area contributed by atoms with E-state index in [1.165, 1.54) is 9.78 Å². The summed E-state index contributed by atoms with van der Waals surface area (Å²) >= 11 is 1.68. The molecular formula is C14H26IN5O2S. The molecule has 0 saturated heterocycles. The molecule has 132 valence electrons. The van der Waals surface area contributed by atoms with Gasteiger partial charge in [-0.25, -0.2) is 9.98 Å². The Morgan fingerprint density at radius 1 is 1.43 bits per heavy atom. The normalized spacial score (nSPS) is 10.9. The fourth-order valence-electron chi connectivity index (χ4n) is 1.49. The third-order valence-corrected chi connectivity index (χ3v) is 3.97. The predicted molar refractivity (Wildman–Crippen MR) is 105 cm³/mol. The SMILES string of the molecule is CCc1cnc(CNC(=NCC(=O)N(C)C)NCCOC)s1.I. The number of nitrogens with one attached hydrogen (secondary N) is 2. The Bertz CT molecular complexity index is 493. The number of aryl methyl sites for hydroxylation is 1. The predicted octanol–water partition coefficient (Wildman–Crippen LogP) is 1.09. The number of thiazole rings is 1. The minimum atomic E-state index is -0.0460. The van der Waals surface area contributed by atoms with Gasteiger partial charge in [0.1, 0.15) is 11.6 Å². The first-order valence-corrected chi connectivity index (χ1v) is 8.03. The van der Waals surface area contributed by atoms with Crippen molar-refractivity contribution in [3.63, 3.8) is 0 Å². The van der Waals surface area contributed by atoms with Gasteiger partial charge in [0.15, 0.2) is 5.96 Å². The number of hydrogen-bond acceptors (Lipinski definition) is 5. The molecule has 1 aromatic heterocycles. The van der Waals surface area contributed by atoms with Crippen LogP contribution in [-0.4, -0.2) is 62.7 Å². The number of amides is 1. The van der Waals surface area contributed by atoms with Crippen LogP contribution in [0.15, 0.2) is 11.2 Å². The first-order valence-electron chi connectivity index (χ1n) is 7.21. The van der Waals surface area contributed by atoms with Crippen LogP contribution in [0.4, 0.5) is 0 Å². The van der Waals surface area contributed by atoms with E-state index >= 15 is 0 Å². The Balaban J connectivity index is 0.00000484. The van der Waals surface area contributed by atoms with E-state index in [1.54, 1.807) is 32.5 Å². The Hall–Kier alpha value is -0.940. The number of likely N-dealkylation sites (N-methyl/N-ethyl adjacent to an activating group) is 1. The zero-order valence-corrected chi connectivity index (χ0v) is 17.2. The topological polar surface area (TPSA) is 78.9 Å². The summed E-state index contributed by atoms with van der Waals surface area (Å²) in [4.78, 5) is 23.0. The molecule has 0 aliphatic rings. The van der Waals surface area contributed by atoms with Crippen LogP contribution in [0.25, 0.3) is 0 Å². The molecule has 0 aliphatic carbocycles. The molecule has 0 spiro atoms. The zero-order chi connectivity index (χ0) is 16.4. The Kier molecular flexibility index (Phi) is 12.0. The van der Waals surface area contributed by atoms with E-state index in [1.807, 2.05) is 6.20 Å². The third kappa shape index (κ3) is 9.06. The van der Waals surface area contributed by atoms with Crippen molar-refractivity contribution in [3.8, 4) is 0 Å². The summed E-state index contributed by atoms with van der Waals surface area (Å²) in [6.45, 7) is 3.99. The van der Waals surface area contributed by atoms with Gasteiger partial charge in [-0.3, -0.25) is 4.79 Å². The molecule has 0 radical (unpaired) electrons. The molecule has 0 bridgehead atoms. The van der Waals surface area contributed by atoms with Crippen molar-refractivity contribution < 1.29 is 9.53 Å². The molecule has 0 aliphatic heterocycles. The van der Waals surface area contributed by atoms with E-state index in [2.05, 4.69) is 27.5 Å². The van der Waals surface area contributed by atoms with Crippen LogP contribution in [0.1, 0.15) is 16.8 Å². The highest BCUT2D eigenvalue weighted by Crippen LogP contribution is 2.12. The molecular weight excluding hydrogens is 429 g/mol. The van der Waals surface area contributed by atoms with Gasteiger partial charge in [-0.2, -0.15) is 0 Å². The van der Waals surface area contributed by atoms with Gasteiger partial charge in [0.25, 0.3) is 0 Å². The van der Waals surface area contributed by atoms with Crippen LogP contribution in [0.2, 0.25) is 0 Å². The minimum absolute atomic E-state index is 0. The van der Waals surface area contributed by atoms with Crippen molar-refractivity contribution in [3.05, 3.63) is 16.1 Å². The third-order valence-electron chi connectivity index (χ3n) is 2.83. The lowest BCUT2D eigenvalue weighted by Gasteiger charge is -2.12. The van der Waals surface area contributed by atoms with Crippen molar-refractivity contribution in [2.24, 2.45) is 4.99 Å². The molecule has 1 amide bonds. The van der Waals surface area contributed by atoms with E-state index < -0.39 is 0 Å². The van der Waals surface area contributed by atoms with Crippen molar-refractivity contribution in [2.45, 2.75) is 19.9 Å². The smallest absolute Gasteiger partial charge is 0.243 e.